The summed E-state index contributed by atoms with van der Waals surface area (Å²) in [4.78, 5) is 12.6. The SMILES string of the molecule is C[C@H]1CCC[C@]2(C)C[C@H]3OC(=O)[C@H](CNCCc4ccccc4)[C@H]3[C@@H]3O[C@]132. The Morgan fingerprint density at radius 1 is 1.26 bits per heavy atom. The molecule has 0 aromatic heterocycles. The molecule has 4 nitrogen and oxygen atoms in total. The first-order chi connectivity index (χ1) is 13.1. The van der Waals surface area contributed by atoms with Crippen LogP contribution in [0.15, 0.2) is 30.3 Å². The molecule has 4 fully saturated rings. The van der Waals surface area contributed by atoms with Crippen LogP contribution >= 0.6 is 0 Å². The molecule has 1 aromatic rings. The van der Waals surface area contributed by atoms with E-state index >= 15 is 0 Å². The van der Waals surface area contributed by atoms with E-state index < -0.39 is 0 Å². The Labute approximate surface area is 162 Å². The summed E-state index contributed by atoms with van der Waals surface area (Å²) in [6.07, 6.45) is 5.94. The topological polar surface area (TPSA) is 50.9 Å². The standard InChI is InChI=1S/C23H31NO3/c1-15-7-6-11-22(2)13-18-19(20-23(15,22)27-20)17(21(25)26-18)14-24-12-10-16-8-4-3-5-9-16/h3-5,8-9,15,17-20,24H,6-7,10-14H2,1-2H3/t15-,17+,18+,19+,20-,22+,23+/m0/s1. The Balaban J connectivity index is 1.25. The lowest BCUT2D eigenvalue weighted by Gasteiger charge is -2.48. The summed E-state index contributed by atoms with van der Waals surface area (Å²) >= 11 is 0. The van der Waals surface area contributed by atoms with Crippen LogP contribution in [-0.2, 0) is 20.7 Å². The highest BCUT2D eigenvalue weighted by molar-refractivity contribution is 5.76. The molecule has 1 spiro atoms. The number of benzene rings is 1. The summed E-state index contributed by atoms with van der Waals surface area (Å²) in [5.74, 6) is 0.742. The molecule has 5 rings (SSSR count). The molecule has 1 N–H and O–H groups in total. The molecule has 2 aliphatic carbocycles. The monoisotopic (exact) mass is 369 g/mol. The second-order valence-corrected chi connectivity index (χ2v) is 9.49. The number of fused-ring (bicyclic) bond motifs is 2. The van der Waals surface area contributed by atoms with Crippen LogP contribution in [0.1, 0.15) is 45.1 Å². The lowest BCUT2D eigenvalue weighted by Crippen LogP contribution is -2.54. The van der Waals surface area contributed by atoms with Gasteiger partial charge in [-0.3, -0.25) is 4.79 Å². The summed E-state index contributed by atoms with van der Waals surface area (Å²) in [6, 6.07) is 10.5. The minimum absolute atomic E-state index is 0.00266. The predicted molar refractivity (Wildman–Crippen MR) is 103 cm³/mol. The van der Waals surface area contributed by atoms with E-state index in [0.717, 1.165) is 19.4 Å². The number of hydrogen-bond donors (Lipinski definition) is 1. The van der Waals surface area contributed by atoms with Crippen LogP contribution in [0.5, 0.6) is 0 Å². The zero-order chi connectivity index (χ0) is 18.6. The van der Waals surface area contributed by atoms with Crippen molar-refractivity contribution < 1.29 is 14.3 Å². The fourth-order valence-corrected chi connectivity index (χ4v) is 6.60. The van der Waals surface area contributed by atoms with Gasteiger partial charge in [0, 0.05) is 17.9 Å². The maximum Gasteiger partial charge on any atom is 0.311 e. The molecule has 2 saturated carbocycles. The highest BCUT2D eigenvalue weighted by atomic mass is 16.6. The molecule has 2 heterocycles. The summed E-state index contributed by atoms with van der Waals surface area (Å²) < 4.78 is 12.4. The molecule has 0 bridgehead atoms. The van der Waals surface area contributed by atoms with Gasteiger partial charge in [-0.2, -0.15) is 0 Å². The smallest absolute Gasteiger partial charge is 0.311 e. The maximum atomic E-state index is 12.6. The van der Waals surface area contributed by atoms with Gasteiger partial charge in [-0.05, 0) is 43.7 Å². The van der Waals surface area contributed by atoms with Crippen LogP contribution in [0.25, 0.3) is 0 Å². The number of carbonyl (C=O) groups excluding carboxylic acids is 1. The minimum atomic E-state index is -0.0613. The number of rotatable bonds is 5. The average Bonchev–Trinajstić information content (AvgIpc) is 3.34. The van der Waals surface area contributed by atoms with Crippen molar-refractivity contribution in [3.63, 3.8) is 0 Å². The molecular weight excluding hydrogens is 338 g/mol. The van der Waals surface area contributed by atoms with E-state index in [0.29, 0.717) is 12.5 Å². The van der Waals surface area contributed by atoms with E-state index in [-0.39, 0.29) is 41.0 Å². The molecule has 27 heavy (non-hydrogen) atoms. The summed E-state index contributed by atoms with van der Waals surface area (Å²) in [5.41, 5.74) is 1.50. The number of epoxide rings is 1. The van der Waals surface area contributed by atoms with E-state index in [4.69, 9.17) is 9.47 Å². The molecule has 2 aliphatic heterocycles. The fourth-order valence-electron chi connectivity index (χ4n) is 6.60. The van der Waals surface area contributed by atoms with Gasteiger partial charge in [-0.1, -0.05) is 50.6 Å². The number of hydrogen-bond acceptors (Lipinski definition) is 4. The van der Waals surface area contributed by atoms with Gasteiger partial charge in [0.1, 0.15) is 11.7 Å². The first kappa shape index (κ1) is 17.7. The number of esters is 1. The van der Waals surface area contributed by atoms with Crippen molar-refractivity contribution in [2.24, 2.45) is 23.2 Å². The molecule has 7 atom stereocenters. The van der Waals surface area contributed by atoms with Crippen molar-refractivity contribution in [3.8, 4) is 0 Å². The largest absolute Gasteiger partial charge is 0.462 e. The summed E-state index contributed by atoms with van der Waals surface area (Å²) in [6.45, 7) is 6.31. The van der Waals surface area contributed by atoms with Crippen molar-refractivity contribution in [2.75, 3.05) is 13.1 Å². The third kappa shape index (κ3) is 2.60. The lowest BCUT2D eigenvalue weighted by molar-refractivity contribution is -0.146. The molecule has 146 valence electrons. The van der Waals surface area contributed by atoms with Crippen molar-refractivity contribution >= 4 is 5.97 Å². The number of ether oxygens (including phenoxy) is 2. The van der Waals surface area contributed by atoms with Gasteiger partial charge in [0.2, 0.25) is 0 Å². The van der Waals surface area contributed by atoms with E-state index in [1.165, 1.54) is 24.8 Å². The van der Waals surface area contributed by atoms with Crippen molar-refractivity contribution in [2.45, 2.75) is 63.8 Å². The molecule has 1 aromatic carbocycles. The highest BCUT2D eigenvalue weighted by Gasteiger charge is 2.78. The molecule has 4 aliphatic rings. The molecule has 0 unspecified atom stereocenters. The van der Waals surface area contributed by atoms with Crippen molar-refractivity contribution in [3.05, 3.63) is 35.9 Å². The minimum Gasteiger partial charge on any atom is -0.462 e. The van der Waals surface area contributed by atoms with Crippen LogP contribution in [0.3, 0.4) is 0 Å². The average molecular weight is 370 g/mol. The molecular formula is C23H31NO3. The van der Waals surface area contributed by atoms with Crippen LogP contribution < -0.4 is 5.32 Å². The van der Waals surface area contributed by atoms with Crippen molar-refractivity contribution in [1.82, 2.24) is 5.32 Å². The Kier molecular flexibility index (Phi) is 4.14. The van der Waals surface area contributed by atoms with E-state index in [1.807, 2.05) is 6.07 Å². The van der Waals surface area contributed by atoms with Crippen LogP contribution in [-0.4, -0.2) is 36.9 Å². The van der Waals surface area contributed by atoms with Crippen molar-refractivity contribution in [1.29, 1.82) is 0 Å². The Morgan fingerprint density at radius 2 is 2.07 bits per heavy atom. The quantitative estimate of drug-likeness (QED) is 0.491. The Bertz CT molecular complexity index is 722. The number of nitrogens with one attached hydrogen (secondary N) is 1. The second-order valence-electron chi connectivity index (χ2n) is 9.49. The Hall–Kier alpha value is -1.39. The third-order valence-electron chi connectivity index (χ3n) is 7.99. The molecule has 0 amide bonds. The van der Waals surface area contributed by atoms with Gasteiger partial charge in [0.15, 0.2) is 0 Å². The van der Waals surface area contributed by atoms with Gasteiger partial charge >= 0.3 is 5.97 Å². The van der Waals surface area contributed by atoms with E-state index in [2.05, 4.69) is 43.4 Å². The zero-order valence-corrected chi connectivity index (χ0v) is 16.4. The summed E-state index contributed by atoms with van der Waals surface area (Å²) in [7, 11) is 0. The molecule has 2 saturated heterocycles. The lowest BCUT2D eigenvalue weighted by atomic mass is 9.53. The molecule has 4 heteroatoms. The Morgan fingerprint density at radius 3 is 2.89 bits per heavy atom. The van der Waals surface area contributed by atoms with E-state index in [1.54, 1.807) is 0 Å². The highest BCUT2D eigenvalue weighted by Crippen LogP contribution is 2.70. The van der Waals surface area contributed by atoms with Crippen LogP contribution in [0.4, 0.5) is 0 Å². The van der Waals surface area contributed by atoms with Gasteiger partial charge in [0.25, 0.3) is 0 Å². The number of carbonyl (C=O) groups is 1. The van der Waals surface area contributed by atoms with Gasteiger partial charge in [0.05, 0.1) is 12.0 Å². The first-order valence-electron chi connectivity index (χ1n) is 10.7. The van der Waals surface area contributed by atoms with Crippen LogP contribution in [0, 0.1) is 23.2 Å². The first-order valence-corrected chi connectivity index (χ1v) is 10.7. The van der Waals surface area contributed by atoms with Gasteiger partial charge < -0.3 is 14.8 Å². The van der Waals surface area contributed by atoms with E-state index in [9.17, 15) is 4.79 Å². The third-order valence-corrected chi connectivity index (χ3v) is 7.99. The fraction of sp³-hybridized carbons (Fsp3) is 0.696. The molecule has 0 radical (unpaired) electrons. The second kappa shape index (κ2) is 6.31. The van der Waals surface area contributed by atoms with Gasteiger partial charge in [-0.25, -0.2) is 0 Å². The van der Waals surface area contributed by atoms with Gasteiger partial charge in [-0.15, -0.1) is 0 Å². The predicted octanol–water partition coefficient (Wildman–Crippen LogP) is 3.34. The maximum absolute atomic E-state index is 12.6. The summed E-state index contributed by atoms with van der Waals surface area (Å²) in [5, 5.41) is 3.51. The van der Waals surface area contributed by atoms with Crippen LogP contribution in [0.2, 0.25) is 0 Å². The normalized spacial score (nSPS) is 44.8. The zero-order valence-electron chi connectivity index (χ0n) is 16.4.